The van der Waals surface area contributed by atoms with Gasteiger partial charge < -0.3 is 20.4 Å². The van der Waals surface area contributed by atoms with E-state index >= 15 is 0 Å². The van der Waals surface area contributed by atoms with Crippen molar-refractivity contribution in [2.75, 3.05) is 13.3 Å². The van der Waals surface area contributed by atoms with E-state index in [4.69, 9.17) is 10.5 Å². The number of amides is 1. The first-order chi connectivity index (χ1) is 16.2. The molecule has 1 aliphatic rings. The highest BCUT2D eigenvalue weighted by Crippen LogP contribution is 2.44. The van der Waals surface area contributed by atoms with Crippen LogP contribution in [0.5, 0.6) is 0 Å². The fraction of sp³-hybridized carbons (Fsp3) is 0.360. The predicted octanol–water partition coefficient (Wildman–Crippen LogP) is 3.16. The lowest BCUT2D eigenvalue weighted by Gasteiger charge is -2.32. The molecule has 0 radical (unpaired) electrons. The SMILES string of the molecule is Cc1ccc(C2C(C(N)=O)C=C(c3ccnc4[nH]ccc34)N2COCC[Si](C)(C)C)cc1[NH+]=O. The fourth-order valence-corrected chi connectivity index (χ4v) is 5.14. The van der Waals surface area contributed by atoms with E-state index in [-0.39, 0.29) is 0 Å². The Morgan fingerprint density at radius 2 is 2.06 bits per heavy atom. The lowest BCUT2D eigenvalue weighted by Crippen LogP contribution is -2.56. The summed E-state index contributed by atoms with van der Waals surface area (Å²) in [6, 6.07) is 10.2. The van der Waals surface area contributed by atoms with Crippen molar-refractivity contribution >= 4 is 36.4 Å². The van der Waals surface area contributed by atoms with Crippen molar-refractivity contribution in [2.24, 2.45) is 11.7 Å². The molecule has 0 fully saturated rings. The molecule has 0 aliphatic carbocycles. The number of aromatic amines is 1. The number of benzene rings is 1. The molecule has 0 saturated carbocycles. The Morgan fingerprint density at radius 3 is 2.76 bits per heavy atom. The van der Waals surface area contributed by atoms with Crippen LogP contribution in [0, 0.1) is 17.7 Å². The third-order valence-electron chi connectivity index (χ3n) is 6.33. The third kappa shape index (κ3) is 4.80. The number of nitrogens with two attached hydrogens (primary N) is 1. The van der Waals surface area contributed by atoms with Gasteiger partial charge in [0.05, 0.1) is 12.0 Å². The molecule has 3 heterocycles. The van der Waals surface area contributed by atoms with Crippen LogP contribution in [-0.4, -0.2) is 42.2 Å². The number of pyridine rings is 1. The normalized spacial score (nSPS) is 18.4. The Labute approximate surface area is 200 Å². The first-order valence-electron chi connectivity index (χ1n) is 11.5. The van der Waals surface area contributed by atoms with Crippen LogP contribution < -0.4 is 10.9 Å². The first kappa shape index (κ1) is 23.8. The van der Waals surface area contributed by atoms with Crippen LogP contribution in [0.15, 0.2) is 48.8 Å². The van der Waals surface area contributed by atoms with Crippen LogP contribution in [0.4, 0.5) is 5.69 Å². The number of nitroso groups, excluding NO2 is 1. The highest BCUT2D eigenvalue weighted by Gasteiger charge is 2.40. The van der Waals surface area contributed by atoms with Crippen LogP contribution in [0.3, 0.4) is 0 Å². The van der Waals surface area contributed by atoms with E-state index in [2.05, 4.69) is 34.5 Å². The number of nitrogens with zero attached hydrogens (tertiary/aromatic N) is 2. The molecular formula is C25H32N5O3Si+. The zero-order chi connectivity index (χ0) is 24.5. The number of aromatic nitrogens is 2. The number of hydrogen-bond acceptors (Lipinski definition) is 5. The summed E-state index contributed by atoms with van der Waals surface area (Å²) < 4.78 is 6.17. The summed E-state index contributed by atoms with van der Waals surface area (Å²) in [5.41, 5.74) is 10.6. The van der Waals surface area contributed by atoms with Gasteiger partial charge in [-0.25, -0.2) is 4.98 Å². The Kier molecular flexibility index (Phi) is 6.67. The molecule has 2 atom stereocenters. The van der Waals surface area contributed by atoms with E-state index in [1.807, 2.05) is 48.6 Å². The van der Waals surface area contributed by atoms with Gasteiger partial charge in [0.15, 0.2) is 0 Å². The second-order valence-electron chi connectivity index (χ2n) is 10.0. The fourth-order valence-electron chi connectivity index (χ4n) is 4.38. The lowest BCUT2D eigenvalue weighted by atomic mass is 9.93. The number of hydrogen-bond donors (Lipinski definition) is 3. The minimum Gasteiger partial charge on any atom is -0.369 e. The van der Waals surface area contributed by atoms with Gasteiger partial charge in [0.2, 0.25) is 5.91 Å². The molecule has 1 amide bonds. The van der Waals surface area contributed by atoms with Crippen molar-refractivity contribution in [1.82, 2.24) is 14.9 Å². The number of fused-ring (bicyclic) bond motifs is 1. The number of primary amides is 1. The summed E-state index contributed by atoms with van der Waals surface area (Å²) in [5.74, 6) is -1.01. The van der Waals surface area contributed by atoms with E-state index in [1.165, 1.54) is 0 Å². The van der Waals surface area contributed by atoms with Gasteiger partial charge >= 0.3 is 0 Å². The lowest BCUT2D eigenvalue weighted by molar-refractivity contribution is -0.380. The minimum absolute atomic E-state index is 0.299. The minimum atomic E-state index is -1.26. The number of rotatable bonds is 9. The smallest absolute Gasteiger partial charge is 0.256 e. The maximum atomic E-state index is 12.6. The maximum Gasteiger partial charge on any atom is 0.256 e. The second kappa shape index (κ2) is 9.52. The number of H-pyrrole nitrogens is 1. The molecule has 0 bridgehead atoms. The van der Waals surface area contributed by atoms with Crippen LogP contribution in [0.2, 0.25) is 25.7 Å². The highest BCUT2D eigenvalue weighted by atomic mass is 28.3. The van der Waals surface area contributed by atoms with Crippen molar-refractivity contribution in [3.05, 3.63) is 70.4 Å². The molecule has 178 valence electrons. The van der Waals surface area contributed by atoms with Gasteiger partial charge in [-0.15, -0.1) is 0 Å². The van der Waals surface area contributed by atoms with Crippen molar-refractivity contribution in [3.63, 3.8) is 0 Å². The van der Waals surface area contributed by atoms with Crippen molar-refractivity contribution in [2.45, 2.75) is 38.7 Å². The Hall–Kier alpha value is -3.30. The zero-order valence-corrected chi connectivity index (χ0v) is 21.1. The zero-order valence-electron chi connectivity index (χ0n) is 20.1. The van der Waals surface area contributed by atoms with Crippen LogP contribution in [0.1, 0.15) is 22.7 Å². The first-order valence-corrected chi connectivity index (χ1v) is 15.2. The number of aryl methyl sites for hydroxylation is 1. The van der Waals surface area contributed by atoms with Gasteiger partial charge in [0.25, 0.3) is 5.69 Å². The van der Waals surface area contributed by atoms with Crippen molar-refractivity contribution < 1.29 is 14.7 Å². The molecule has 0 saturated heterocycles. The third-order valence-corrected chi connectivity index (χ3v) is 8.03. The summed E-state index contributed by atoms with van der Waals surface area (Å²) in [4.78, 5) is 33.8. The van der Waals surface area contributed by atoms with E-state index in [0.717, 1.165) is 39.5 Å². The summed E-state index contributed by atoms with van der Waals surface area (Å²) >= 11 is 0. The van der Waals surface area contributed by atoms with E-state index < -0.39 is 25.9 Å². The van der Waals surface area contributed by atoms with Gasteiger partial charge in [0.1, 0.15) is 12.4 Å². The summed E-state index contributed by atoms with van der Waals surface area (Å²) in [6.45, 7) is 9.74. The number of nitrogens with one attached hydrogen (secondary N) is 2. The quantitative estimate of drug-likeness (QED) is 0.323. The van der Waals surface area contributed by atoms with Crippen molar-refractivity contribution in [1.29, 1.82) is 0 Å². The van der Waals surface area contributed by atoms with Crippen LogP contribution >= 0.6 is 0 Å². The Bertz CT molecular complexity index is 1250. The highest BCUT2D eigenvalue weighted by molar-refractivity contribution is 6.76. The summed E-state index contributed by atoms with van der Waals surface area (Å²) in [5, 5.41) is 2.96. The molecule has 2 unspecified atom stereocenters. The molecule has 8 nitrogen and oxygen atoms in total. The second-order valence-corrected chi connectivity index (χ2v) is 15.6. The van der Waals surface area contributed by atoms with Gasteiger partial charge in [-0.2, -0.15) is 0 Å². The largest absolute Gasteiger partial charge is 0.369 e. The van der Waals surface area contributed by atoms with Crippen LogP contribution in [0.25, 0.3) is 16.7 Å². The molecule has 2 aromatic heterocycles. The Morgan fingerprint density at radius 1 is 1.26 bits per heavy atom. The van der Waals surface area contributed by atoms with E-state index in [0.29, 0.717) is 19.0 Å². The number of carbonyl (C=O) groups excluding carboxylic acids is 1. The summed E-state index contributed by atoms with van der Waals surface area (Å²) in [6.07, 6.45) is 5.51. The van der Waals surface area contributed by atoms with Gasteiger partial charge in [0, 0.05) is 65.4 Å². The molecule has 1 aromatic carbocycles. The standard InChI is InChI=1S/C25H31N5O3Si/c1-16-5-6-17(13-21(16)29-32)23-20(24(26)31)14-22(30(23)15-33-11-12-34(2,3)4)18-7-9-27-25-19(18)8-10-28-25/h5-10,13-14,20,23H,11-12,15H2,1-4H3,(H2,26,31)(H,27,28)/p+1. The molecule has 4 N–H and O–H groups in total. The summed E-state index contributed by atoms with van der Waals surface area (Å²) in [7, 11) is -1.26. The molecule has 34 heavy (non-hydrogen) atoms. The van der Waals surface area contributed by atoms with E-state index in [9.17, 15) is 9.70 Å². The molecule has 9 heteroatoms. The molecular weight excluding hydrogens is 446 g/mol. The van der Waals surface area contributed by atoms with E-state index in [1.54, 1.807) is 12.3 Å². The monoisotopic (exact) mass is 478 g/mol. The average molecular weight is 479 g/mol. The molecule has 1 aliphatic heterocycles. The van der Waals surface area contributed by atoms with Gasteiger partial charge in [-0.05, 0) is 36.7 Å². The number of carbonyl (C=O) groups is 1. The van der Waals surface area contributed by atoms with Crippen molar-refractivity contribution in [3.8, 4) is 0 Å². The van der Waals surface area contributed by atoms with Gasteiger partial charge in [-0.1, -0.05) is 31.8 Å². The molecule has 4 rings (SSSR count). The average Bonchev–Trinajstić information content (AvgIpc) is 3.41. The molecule has 3 aromatic rings. The number of ether oxygens (including phenoxy) is 1. The van der Waals surface area contributed by atoms with Gasteiger partial charge in [-0.3, -0.25) is 4.79 Å². The Balaban J connectivity index is 1.77. The maximum absolute atomic E-state index is 12.6. The topological polar surface area (TPSA) is 115 Å². The predicted molar refractivity (Wildman–Crippen MR) is 135 cm³/mol. The molecule has 0 spiro atoms. The van der Waals surface area contributed by atoms with Crippen LogP contribution in [-0.2, 0) is 9.53 Å².